The summed E-state index contributed by atoms with van der Waals surface area (Å²) in [7, 11) is 0. The van der Waals surface area contributed by atoms with Crippen LogP contribution in [0, 0.1) is 24.6 Å². The lowest BCUT2D eigenvalue weighted by molar-refractivity contribution is -0.141. The quantitative estimate of drug-likeness (QED) is 0.294. The van der Waals surface area contributed by atoms with Crippen molar-refractivity contribution in [3.05, 3.63) is 64.7 Å². The monoisotopic (exact) mass is 586 g/mol. The molecule has 0 bridgehead atoms. The van der Waals surface area contributed by atoms with Crippen LogP contribution in [0.3, 0.4) is 0 Å². The van der Waals surface area contributed by atoms with Crippen LogP contribution in [0.2, 0.25) is 0 Å². The molecule has 4 heterocycles. The van der Waals surface area contributed by atoms with Gasteiger partial charge in [0.2, 0.25) is 11.8 Å². The fourth-order valence-corrected chi connectivity index (χ4v) is 5.13. The van der Waals surface area contributed by atoms with Gasteiger partial charge in [-0.1, -0.05) is 13.8 Å². The van der Waals surface area contributed by atoms with E-state index in [0.29, 0.717) is 53.4 Å². The van der Waals surface area contributed by atoms with Gasteiger partial charge in [0.05, 0.1) is 23.5 Å². The third-order valence-corrected chi connectivity index (χ3v) is 7.35. The van der Waals surface area contributed by atoms with Crippen LogP contribution in [0.25, 0.3) is 5.52 Å². The van der Waals surface area contributed by atoms with Crippen molar-refractivity contribution in [3.63, 3.8) is 0 Å². The van der Waals surface area contributed by atoms with Crippen LogP contribution >= 0.6 is 0 Å². The molecular formula is C29H30F4N6O3. The number of amides is 2. The van der Waals surface area contributed by atoms with E-state index in [-0.39, 0.29) is 48.6 Å². The molecule has 3 aromatic rings. The van der Waals surface area contributed by atoms with Gasteiger partial charge in [-0.15, -0.1) is 0 Å². The number of nitrogens with zero attached hydrogens (tertiary/aromatic N) is 5. The molecular weight excluding hydrogens is 556 g/mol. The van der Waals surface area contributed by atoms with Crippen molar-refractivity contribution < 1.29 is 31.9 Å². The number of hydrogen-bond acceptors (Lipinski definition) is 6. The molecule has 0 radical (unpaired) electrons. The van der Waals surface area contributed by atoms with Crippen LogP contribution in [-0.4, -0.2) is 51.0 Å². The van der Waals surface area contributed by atoms with E-state index in [9.17, 15) is 27.2 Å². The maximum atomic E-state index is 14.8. The Morgan fingerprint density at radius 3 is 2.45 bits per heavy atom. The molecule has 0 fully saturated rings. The van der Waals surface area contributed by atoms with Gasteiger partial charge < -0.3 is 4.74 Å². The van der Waals surface area contributed by atoms with Crippen LogP contribution in [0.15, 0.2) is 46.6 Å². The lowest BCUT2D eigenvalue weighted by Crippen LogP contribution is -2.37. The van der Waals surface area contributed by atoms with Gasteiger partial charge in [0.25, 0.3) is 0 Å². The standard InChI is InChI=1S/C29H30F4N6O3/c1-16-12-25(40)34-35-27(16)20-9-7-19(14-22(20)30)42-11-5-4-10-38-26(41)13-17(2)28(37-38)21-8-6-18(3)39-23(21)15-24(36-39)29(31,32)33/h6-9,14-17H,4-5,10-13H2,1-3H3,(H,34,40). The SMILES string of the molecule is Cc1ccc(C2=NN(CCCCOc3ccc(C4=NNC(=O)CC4C)c(F)c3)C(=O)CC2C)c2cc(C(F)(F)F)nn12. The summed E-state index contributed by atoms with van der Waals surface area (Å²) in [5, 5.41) is 13.6. The number of aryl methyl sites for hydroxylation is 1. The predicted octanol–water partition coefficient (Wildman–Crippen LogP) is 5.09. The lowest BCUT2D eigenvalue weighted by atomic mass is 9.93. The Hall–Kier alpha value is -4.29. The fourth-order valence-electron chi connectivity index (χ4n) is 5.13. The molecule has 0 spiro atoms. The van der Waals surface area contributed by atoms with Crippen molar-refractivity contribution in [2.24, 2.45) is 22.0 Å². The molecule has 2 atom stereocenters. The Morgan fingerprint density at radius 1 is 1.00 bits per heavy atom. The van der Waals surface area contributed by atoms with Crippen molar-refractivity contribution in [1.82, 2.24) is 20.0 Å². The largest absolute Gasteiger partial charge is 0.493 e. The average Bonchev–Trinajstić information content (AvgIpc) is 3.38. The summed E-state index contributed by atoms with van der Waals surface area (Å²) in [4.78, 5) is 24.2. The van der Waals surface area contributed by atoms with Crippen LogP contribution < -0.4 is 10.2 Å². The Kier molecular flexibility index (Phi) is 8.02. The number of rotatable bonds is 8. The number of hydrogen-bond donors (Lipinski definition) is 1. The Labute approximate surface area is 239 Å². The minimum atomic E-state index is -4.59. The molecule has 1 aromatic carbocycles. The zero-order valence-corrected chi connectivity index (χ0v) is 23.3. The molecule has 9 nitrogen and oxygen atoms in total. The van der Waals surface area contributed by atoms with Crippen molar-refractivity contribution in [3.8, 4) is 5.75 Å². The number of aromatic nitrogens is 2. The van der Waals surface area contributed by atoms with Gasteiger partial charge in [-0.3, -0.25) is 9.59 Å². The second-order valence-electron chi connectivity index (χ2n) is 10.7. The molecule has 42 heavy (non-hydrogen) atoms. The fraction of sp³-hybridized carbons (Fsp3) is 0.414. The first-order valence-electron chi connectivity index (χ1n) is 13.7. The highest BCUT2D eigenvalue weighted by atomic mass is 19.4. The second-order valence-corrected chi connectivity index (χ2v) is 10.7. The summed E-state index contributed by atoms with van der Waals surface area (Å²) in [6.45, 7) is 5.87. The number of unbranched alkanes of at least 4 members (excludes halogenated alkanes) is 1. The number of benzene rings is 1. The van der Waals surface area contributed by atoms with Crippen LogP contribution in [0.5, 0.6) is 5.75 Å². The number of hydrazone groups is 2. The third kappa shape index (κ3) is 6.00. The van der Waals surface area contributed by atoms with Crippen molar-refractivity contribution in [2.45, 2.75) is 52.6 Å². The van der Waals surface area contributed by atoms with E-state index in [1.54, 1.807) is 31.2 Å². The minimum Gasteiger partial charge on any atom is -0.493 e. The van der Waals surface area contributed by atoms with Crippen LogP contribution in [0.4, 0.5) is 17.6 Å². The average molecular weight is 587 g/mol. The summed E-state index contributed by atoms with van der Waals surface area (Å²) in [5.74, 6) is -1.04. The molecule has 1 N–H and O–H groups in total. The van der Waals surface area contributed by atoms with E-state index in [1.165, 1.54) is 15.6 Å². The van der Waals surface area contributed by atoms with E-state index in [1.807, 2.05) is 13.8 Å². The first-order valence-corrected chi connectivity index (χ1v) is 13.7. The number of carbonyl (C=O) groups is 2. The van der Waals surface area contributed by atoms with E-state index in [0.717, 1.165) is 6.07 Å². The zero-order chi connectivity index (χ0) is 30.2. The van der Waals surface area contributed by atoms with Crippen molar-refractivity contribution in [1.29, 1.82) is 0 Å². The van der Waals surface area contributed by atoms with Crippen molar-refractivity contribution >= 4 is 28.8 Å². The number of halogens is 4. The Morgan fingerprint density at radius 2 is 1.74 bits per heavy atom. The molecule has 2 unspecified atom stereocenters. The molecule has 5 rings (SSSR count). The topological polar surface area (TPSA) is 101 Å². The molecule has 2 aromatic heterocycles. The zero-order valence-electron chi connectivity index (χ0n) is 23.3. The van der Waals surface area contributed by atoms with Gasteiger partial charge in [0.15, 0.2) is 5.69 Å². The van der Waals surface area contributed by atoms with Gasteiger partial charge in [-0.25, -0.2) is 19.3 Å². The summed E-state index contributed by atoms with van der Waals surface area (Å²) in [6, 6.07) is 8.88. The summed E-state index contributed by atoms with van der Waals surface area (Å²) in [5.41, 5.74) is 4.01. The predicted molar refractivity (Wildman–Crippen MR) is 147 cm³/mol. The number of carbonyl (C=O) groups excluding carboxylic acids is 2. The van der Waals surface area contributed by atoms with E-state index >= 15 is 0 Å². The van der Waals surface area contributed by atoms with E-state index in [4.69, 9.17) is 4.74 Å². The molecule has 2 amide bonds. The molecule has 0 saturated carbocycles. The number of ether oxygens (including phenoxy) is 1. The Balaban J connectivity index is 1.22. The second kappa shape index (κ2) is 11.5. The van der Waals surface area contributed by atoms with Gasteiger partial charge in [0, 0.05) is 54.1 Å². The molecule has 2 aliphatic heterocycles. The normalized spacial score (nSPS) is 19.5. The molecule has 0 saturated heterocycles. The van der Waals surface area contributed by atoms with Gasteiger partial charge in [0.1, 0.15) is 11.6 Å². The lowest BCUT2D eigenvalue weighted by Gasteiger charge is -2.28. The van der Waals surface area contributed by atoms with E-state index < -0.39 is 17.7 Å². The van der Waals surface area contributed by atoms with Crippen LogP contribution in [0.1, 0.15) is 62.0 Å². The molecule has 0 aliphatic carbocycles. The highest BCUT2D eigenvalue weighted by Gasteiger charge is 2.35. The molecule has 2 aliphatic rings. The highest BCUT2D eigenvalue weighted by molar-refractivity contribution is 6.10. The first-order chi connectivity index (χ1) is 19.9. The minimum absolute atomic E-state index is 0.173. The van der Waals surface area contributed by atoms with Crippen molar-refractivity contribution in [2.75, 3.05) is 13.2 Å². The first kappa shape index (κ1) is 29.2. The highest BCUT2D eigenvalue weighted by Crippen LogP contribution is 2.32. The molecule has 13 heteroatoms. The van der Waals surface area contributed by atoms with Gasteiger partial charge in [-0.05, 0) is 50.1 Å². The number of nitrogens with one attached hydrogen (secondary N) is 1. The maximum absolute atomic E-state index is 14.8. The third-order valence-electron chi connectivity index (χ3n) is 7.35. The smallest absolute Gasteiger partial charge is 0.435 e. The number of alkyl halides is 3. The number of pyridine rings is 1. The van der Waals surface area contributed by atoms with Crippen LogP contribution in [-0.2, 0) is 15.8 Å². The summed E-state index contributed by atoms with van der Waals surface area (Å²) < 4.78 is 61.8. The van der Waals surface area contributed by atoms with E-state index in [2.05, 4.69) is 20.7 Å². The molecule has 222 valence electrons. The summed E-state index contributed by atoms with van der Waals surface area (Å²) >= 11 is 0. The van der Waals surface area contributed by atoms with Gasteiger partial charge >= 0.3 is 6.18 Å². The Bertz CT molecular complexity index is 1600. The number of fused-ring (bicyclic) bond motifs is 1. The maximum Gasteiger partial charge on any atom is 0.435 e. The summed E-state index contributed by atoms with van der Waals surface area (Å²) in [6.07, 6.45) is -3.09. The van der Waals surface area contributed by atoms with Gasteiger partial charge in [-0.2, -0.15) is 28.5 Å².